The molecule has 0 N–H and O–H groups in total. The lowest BCUT2D eigenvalue weighted by Crippen LogP contribution is -2.56. The average Bonchev–Trinajstić information content (AvgIpc) is 2.79. The zero-order valence-corrected chi connectivity index (χ0v) is 19.5. The number of halogens is 2. The summed E-state index contributed by atoms with van der Waals surface area (Å²) in [6.45, 7) is 4.14. The highest BCUT2D eigenvalue weighted by atomic mass is 35.5. The van der Waals surface area contributed by atoms with Crippen LogP contribution in [0.3, 0.4) is 0 Å². The molecule has 0 saturated carbocycles. The summed E-state index contributed by atoms with van der Waals surface area (Å²) in [5.41, 5.74) is 2.76. The Morgan fingerprint density at radius 2 is 1.00 bits per heavy atom. The van der Waals surface area contributed by atoms with E-state index in [4.69, 9.17) is 9.47 Å². The molecule has 2 aliphatic heterocycles. The second-order valence-electron chi connectivity index (χ2n) is 7.99. The fraction of sp³-hybridized carbons (Fsp3) is 0.500. The van der Waals surface area contributed by atoms with Gasteiger partial charge in [0.25, 0.3) is 0 Å². The summed E-state index contributed by atoms with van der Waals surface area (Å²) in [4.78, 5) is 0. The van der Waals surface area contributed by atoms with Crippen molar-refractivity contribution in [1.29, 1.82) is 0 Å². The largest absolute Gasteiger partial charge is 0.381 e. The summed E-state index contributed by atoms with van der Waals surface area (Å²) < 4.78 is 11.7. The molecule has 6 heteroatoms. The number of ether oxygens (including phenoxy) is 2. The molecule has 2 saturated heterocycles. The Hall–Kier alpha value is -1.14. The van der Waals surface area contributed by atoms with E-state index in [2.05, 4.69) is 70.7 Å². The maximum atomic E-state index is 5.85. The van der Waals surface area contributed by atoms with Crippen LogP contribution >= 0.6 is 24.8 Å². The van der Waals surface area contributed by atoms with Gasteiger partial charge in [0.15, 0.2) is 0 Å². The van der Waals surface area contributed by atoms with Gasteiger partial charge < -0.3 is 9.47 Å². The third kappa shape index (κ3) is 5.56. The van der Waals surface area contributed by atoms with Crippen LogP contribution in [0.25, 0.3) is 0 Å². The van der Waals surface area contributed by atoms with Crippen molar-refractivity contribution < 1.29 is 9.47 Å². The van der Waals surface area contributed by atoms with E-state index in [0.29, 0.717) is 24.0 Å². The smallest absolute Gasteiger partial charge is 0.0665 e. The van der Waals surface area contributed by atoms with Crippen LogP contribution in [0.4, 0.5) is 0 Å². The van der Waals surface area contributed by atoms with Gasteiger partial charge >= 0.3 is 0 Å². The van der Waals surface area contributed by atoms with Gasteiger partial charge in [-0.2, -0.15) is 0 Å². The average molecular weight is 453 g/mol. The molecule has 2 heterocycles. The minimum Gasteiger partial charge on any atom is -0.381 e. The molecule has 0 radical (unpaired) electrons. The zero-order chi connectivity index (χ0) is 19.3. The highest BCUT2D eigenvalue weighted by Gasteiger charge is 2.37. The first-order chi connectivity index (χ1) is 13.8. The molecule has 4 unspecified atom stereocenters. The number of methoxy groups -OCH3 is 2. The molecule has 4 nitrogen and oxygen atoms in total. The van der Waals surface area contributed by atoms with Gasteiger partial charge in [-0.15, -0.1) is 24.8 Å². The van der Waals surface area contributed by atoms with Gasteiger partial charge in [-0.3, -0.25) is 0 Å². The number of hydrogen-bond acceptors (Lipinski definition) is 4. The van der Waals surface area contributed by atoms with Gasteiger partial charge in [0, 0.05) is 52.2 Å². The first-order valence-corrected chi connectivity index (χ1v) is 10.5. The van der Waals surface area contributed by atoms with Crippen LogP contribution < -0.4 is 0 Å². The Balaban J connectivity index is 0.00000160. The van der Waals surface area contributed by atoms with Gasteiger partial charge in [0.05, 0.1) is 12.2 Å². The molecular formula is C24H34Cl2N2O2. The van der Waals surface area contributed by atoms with Crippen LogP contribution in [0.2, 0.25) is 0 Å². The van der Waals surface area contributed by atoms with Crippen molar-refractivity contribution in [2.45, 2.75) is 36.9 Å². The third-order valence-electron chi connectivity index (χ3n) is 6.52. The minimum absolute atomic E-state index is 0. The summed E-state index contributed by atoms with van der Waals surface area (Å²) in [6.07, 6.45) is 2.71. The van der Waals surface area contributed by atoms with Crippen LogP contribution in [0.1, 0.15) is 35.8 Å². The maximum Gasteiger partial charge on any atom is 0.0665 e. The number of hydrazine groups is 1. The summed E-state index contributed by atoms with van der Waals surface area (Å²) in [5.74, 6) is 0.825. The van der Waals surface area contributed by atoms with Crippen LogP contribution in [0, 0.1) is 0 Å². The number of hydrogen-bond donors (Lipinski definition) is 0. The van der Waals surface area contributed by atoms with E-state index in [1.807, 2.05) is 14.2 Å². The summed E-state index contributed by atoms with van der Waals surface area (Å²) >= 11 is 0. The molecule has 2 aromatic carbocycles. The fourth-order valence-electron chi connectivity index (χ4n) is 4.95. The molecule has 4 rings (SSSR count). The predicted molar refractivity (Wildman–Crippen MR) is 127 cm³/mol. The van der Waals surface area contributed by atoms with Crippen molar-refractivity contribution in [2.75, 3.05) is 40.4 Å². The van der Waals surface area contributed by atoms with Crippen LogP contribution in [-0.2, 0) is 9.47 Å². The number of nitrogens with zero attached hydrogens (tertiary/aromatic N) is 2. The SMILES string of the molecule is COC1CCN(N2CCC(OC)C(c3ccccc3)C2)CC1c1ccccc1.Cl.Cl. The molecule has 2 aliphatic rings. The number of rotatable bonds is 5. The monoisotopic (exact) mass is 452 g/mol. The highest BCUT2D eigenvalue weighted by Crippen LogP contribution is 2.34. The molecule has 0 bridgehead atoms. The van der Waals surface area contributed by atoms with Crippen LogP contribution in [0.5, 0.6) is 0 Å². The van der Waals surface area contributed by atoms with Gasteiger partial charge in [0.2, 0.25) is 0 Å². The first-order valence-electron chi connectivity index (χ1n) is 10.5. The van der Waals surface area contributed by atoms with E-state index in [1.54, 1.807) is 0 Å². The Morgan fingerprint density at radius 3 is 1.33 bits per heavy atom. The third-order valence-corrected chi connectivity index (χ3v) is 6.52. The Kier molecular flexibility index (Phi) is 10.1. The van der Waals surface area contributed by atoms with E-state index >= 15 is 0 Å². The molecule has 166 valence electrons. The molecular weight excluding hydrogens is 419 g/mol. The lowest BCUT2D eigenvalue weighted by atomic mass is 9.87. The molecule has 4 atom stereocenters. The summed E-state index contributed by atoms with van der Waals surface area (Å²) in [6, 6.07) is 21.7. The van der Waals surface area contributed by atoms with E-state index in [0.717, 1.165) is 39.0 Å². The molecule has 0 aromatic heterocycles. The molecule has 0 spiro atoms. The van der Waals surface area contributed by atoms with Crippen molar-refractivity contribution in [3.05, 3.63) is 71.8 Å². The minimum atomic E-state index is 0. The van der Waals surface area contributed by atoms with Crippen molar-refractivity contribution >= 4 is 24.8 Å². The second-order valence-corrected chi connectivity index (χ2v) is 7.99. The molecule has 30 heavy (non-hydrogen) atoms. The fourth-order valence-corrected chi connectivity index (χ4v) is 4.95. The van der Waals surface area contributed by atoms with Gasteiger partial charge in [-0.05, 0) is 24.0 Å². The molecule has 0 amide bonds. The van der Waals surface area contributed by atoms with Crippen LogP contribution in [0.15, 0.2) is 60.7 Å². The zero-order valence-electron chi connectivity index (χ0n) is 17.9. The number of benzene rings is 2. The van der Waals surface area contributed by atoms with Crippen molar-refractivity contribution in [3.8, 4) is 0 Å². The van der Waals surface area contributed by atoms with E-state index in [-0.39, 0.29) is 24.8 Å². The Morgan fingerprint density at radius 1 is 0.633 bits per heavy atom. The quantitative estimate of drug-likeness (QED) is 0.652. The van der Waals surface area contributed by atoms with Crippen molar-refractivity contribution in [3.63, 3.8) is 0 Å². The van der Waals surface area contributed by atoms with Crippen molar-refractivity contribution in [1.82, 2.24) is 10.0 Å². The van der Waals surface area contributed by atoms with E-state index < -0.39 is 0 Å². The lowest BCUT2D eigenvalue weighted by molar-refractivity contribution is -0.113. The van der Waals surface area contributed by atoms with Gasteiger partial charge in [-0.1, -0.05) is 60.7 Å². The first kappa shape index (κ1) is 25.1. The van der Waals surface area contributed by atoms with Crippen LogP contribution in [-0.4, -0.2) is 62.6 Å². The normalized spacial score (nSPS) is 27.7. The van der Waals surface area contributed by atoms with E-state index in [1.165, 1.54) is 11.1 Å². The van der Waals surface area contributed by atoms with Gasteiger partial charge in [0.1, 0.15) is 0 Å². The topological polar surface area (TPSA) is 24.9 Å². The summed E-state index contributed by atoms with van der Waals surface area (Å²) in [7, 11) is 3.71. The summed E-state index contributed by atoms with van der Waals surface area (Å²) in [5, 5.41) is 5.13. The standard InChI is InChI=1S/C24H32N2O2.2ClH/c1-27-23-13-15-25(17-21(23)19-9-5-3-6-10-19)26-16-14-24(28-2)22(18-26)20-11-7-4-8-12-20;;/h3-12,21-24H,13-18H2,1-2H3;2*1H. The molecule has 0 aliphatic carbocycles. The van der Waals surface area contributed by atoms with Gasteiger partial charge in [-0.25, -0.2) is 10.0 Å². The molecule has 2 fully saturated rings. The van der Waals surface area contributed by atoms with Crippen molar-refractivity contribution in [2.24, 2.45) is 0 Å². The predicted octanol–water partition coefficient (Wildman–Crippen LogP) is 4.75. The highest BCUT2D eigenvalue weighted by molar-refractivity contribution is 5.85. The molecule has 2 aromatic rings. The number of piperidine rings is 2. The Bertz CT molecular complexity index is 671. The maximum absolute atomic E-state index is 5.85. The second kappa shape index (κ2) is 12.0. The van der Waals surface area contributed by atoms with E-state index in [9.17, 15) is 0 Å². The lowest BCUT2D eigenvalue weighted by Gasteiger charge is -2.47. The Labute approximate surface area is 193 Å².